The molecular formula is C18H12ClN3O2. The van der Waals surface area contributed by atoms with Crippen molar-refractivity contribution in [3.63, 3.8) is 0 Å². The number of hydrogen-bond donors (Lipinski definition) is 0. The number of halogens is 1. The largest absolute Gasteiger partial charge is 0.497 e. The second-order valence-electron chi connectivity index (χ2n) is 5.19. The molecule has 2 aromatic heterocycles. The highest BCUT2D eigenvalue weighted by Crippen LogP contribution is 2.26. The van der Waals surface area contributed by atoms with Gasteiger partial charge in [0.15, 0.2) is 0 Å². The molecule has 0 saturated heterocycles. The minimum absolute atomic E-state index is 0.407. The van der Waals surface area contributed by atoms with Crippen LogP contribution in [0.1, 0.15) is 0 Å². The topological polar surface area (TPSA) is 61.0 Å². The smallest absolute Gasteiger partial charge is 0.258 e. The molecule has 24 heavy (non-hydrogen) atoms. The van der Waals surface area contributed by atoms with Gasteiger partial charge in [-0.05, 0) is 42.5 Å². The average Bonchev–Trinajstić information content (AvgIpc) is 3.11. The van der Waals surface area contributed by atoms with E-state index >= 15 is 0 Å². The van der Waals surface area contributed by atoms with Crippen LogP contribution in [0.5, 0.6) is 5.75 Å². The first-order chi connectivity index (χ1) is 11.7. The van der Waals surface area contributed by atoms with E-state index in [9.17, 15) is 0 Å². The molecule has 0 atom stereocenters. The minimum Gasteiger partial charge on any atom is -0.497 e. The van der Waals surface area contributed by atoms with E-state index in [-0.39, 0.29) is 0 Å². The summed E-state index contributed by atoms with van der Waals surface area (Å²) in [6.45, 7) is 0. The third-order valence-corrected chi connectivity index (χ3v) is 3.86. The lowest BCUT2D eigenvalue weighted by atomic mass is 10.2. The summed E-state index contributed by atoms with van der Waals surface area (Å²) in [7, 11) is 1.64. The third kappa shape index (κ3) is 2.70. The Morgan fingerprint density at radius 1 is 1.00 bits per heavy atom. The summed E-state index contributed by atoms with van der Waals surface area (Å²) < 4.78 is 10.5. The Labute approximate surface area is 142 Å². The molecule has 0 amide bonds. The summed E-state index contributed by atoms with van der Waals surface area (Å²) in [6, 6.07) is 16.8. The number of aromatic nitrogens is 3. The summed E-state index contributed by atoms with van der Waals surface area (Å²) in [5.41, 5.74) is 2.25. The molecule has 0 saturated carbocycles. The van der Waals surface area contributed by atoms with Crippen LogP contribution in [0.15, 0.2) is 59.1 Å². The van der Waals surface area contributed by atoms with Crippen LogP contribution in [-0.2, 0) is 0 Å². The quantitative estimate of drug-likeness (QED) is 0.546. The van der Waals surface area contributed by atoms with Gasteiger partial charge >= 0.3 is 0 Å². The molecule has 4 aromatic rings. The van der Waals surface area contributed by atoms with Crippen molar-refractivity contribution in [2.24, 2.45) is 0 Å². The number of hydrogen-bond acceptors (Lipinski definition) is 5. The third-order valence-electron chi connectivity index (χ3n) is 3.62. The first-order valence-corrected chi connectivity index (χ1v) is 7.65. The van der Waals surface area contributed by atoms with Crippen molar-refractivity contribution in [3.8, 4) is 28.7 Å². The number of pyridine rings is 1. The Morgan fingerprint density at radius 3 is 2.75 bits per heavy atom. The van der Waals surface area contributed by atoms with Gasteiger partial charge in [-0.25, -0.2) is 4.98 Å². The SMILES string of the molecule is COc1ccc2nc(-c3noc(-c4cccc(Cl)c4)n3)ccc2c1. The van der Waals surface area contributed by atoms with Crippen molar-refractivity contribution in [1.29, 1.82) is 0 Å². The van der Waals surface area contributed by atoms with Crippen molar-refractivity contribution in [1.82, 2.24) is 15.1 Å². The maximum atomic E-state index is 6.00. The molecule has 4 rings (SSSR count). The fourth-order valence-corrected chi connectivity index (χ4v) is 2.61. The lowest BCUT2D eigenvalue weighted by Gasteiger charge is -2.02. The minimum atomic E-state index is 0.407. The molecule has 0 aliphatic rings. The van der Waals surface area contributed by atoms with Crippen LogP contribution in [-0.4, -0.2) is 22.2 Å². The van der Waals surface area contributed by atoms with Gasteiger partial charge in [-0.1, -0.05) is 28.9 Å². The fourth-order valence-electron chi connectivity index (χ4n) is 2.42. The summed E-state index contributed by atoms with van der Waals surface area (Å²) in [4.78, 5) is 8.99. The van der Waals surface area contributed by atoms with Crippen LogP contribution in [0, 0.1) is 0 Å². The zero-order chi connectivity index (χ0) is 16.5. The van der Waals surface area contributed by atoms with Crippen LogP contribution in [0.3, 0.4) is 0 Å². The highest BCUT2D eigenvalue weighted by Gasteiger charge is 2.12. The maximum Gasteiger partial charge on any atom is 0.258 e. The molecule has 0 bridgehead atoms. The van der Waals surface area contributed by atoms with E-state index in [0.29, 0.717) is 22.4 Å². The Hall–Kier alpha value is -2.92. The highest BCUT2D eigenvalue weighted by atomic mass is 35.5. The van der Waals surface area contributed by atoms with E-state index in [1.807, 2.05) is 42.5 Å². The molecule has 0 spiro atoms. The summed E-state index contributed by atoms with van der Waals surface area (Å²) >= 11 is 6.00. The van der Waals surface area contributed by atoms with Gasteiger partial charge < -0.3 is 9.26 Å². The molecular weight excluding hydrogens is 326 g/mol. The van der Waals surface area contributed by atoms with Gasteiger partial charge in [0.05, 0.1) is 12.6 Å². The van der Waals surface area contributed by atoms with Crippen LogP contribution in [0.4, 0.5) is 0 Å². The van der Waals surface area contributed by atoms with E-state index in [2.05, 4.69) is 15.1 Å². The summed E-state index contributed by atoms with van der Waals surface area (Å²) in [5.74, 6) is 1.63. The van der Waals surface area contributed by atoms with Crippen molar-refractivity contribution < 1.29 is 9.26 Å². The highest BCUT2D eigenvalue weighted by molar-refractivity contribution is 6.30. The van der Waals surface area contributed by atoms with E-state index < -0.39 is 0 Å². The number of rotatable bonds is 3. The molecule has 2 aromatic carbocycles. The molecule has 6 heteroatoms. The predicted octanol–water partition coefficient (Wildman–Crippen LogP) is 4.61. The lowest BCUT2D eigenvalue weighted by Crippen LogP contribution is -1.88. The number of fused-ring (bicyclic) bond motifs is 1. The molecule has 2 heterocycles. The molecule has 0 aliphatic heterocycles. The van der Waals surface area contributed by atoms with E-state index in [1.54, 1.807) is 19.2 Å². The second-order valence-corrected chi connectivity index (χ2v) is 5.63. The normalized spacial score (nSPS) is 10.9. The van der Waals surface area contributed by atoms with Crippen molar-refractivity contribution in [2.75, 3.05) is 7.11 Å². The van der Waals surface area contributed by atoms with Crippen molar-refractivity contribution >= 4 is 22.5 Å². The fraction of sp³-hybridized carbons (Fsp3) is 0.0556. The second kappa shape index (κ2) is 5.94. The Bertz CT molecular complexity index is 1030. The molecule has 5 nitrogen and oxygen atoms in total. The predicted molar refractivity (Wildman–Crippen MR) is 92.0 cm³/mol. The molecule has 0 unspecified atom stereocenters. The van der Waals surface area contributed by atoms with Crippen LogP contribution in [0.2, 0.25) is 5.02 Å². The monoisotopic (exact) mass is 337 g/mol. The van der Waals surface area contributed by atoms with E-state index in [4.69, 9.17) is 20.9 Å². The number of benzene rings is 2. The maximum absolute atomic E-state index is 6.00. The van der Waals surface area contributed by atoms with Gasteiger partial charge in [0, 0.05) is 16.0 Å². The van der Waals surface area contributed by atoms with Crippen LogP contribution < -0.4 is 4.74 Å². The zero-order valence-electron chi connectivity index (χ0n) is 12.7. The first-order valence-electron chi connectivity index (χ1n) is 7.28. The van der Waals surface area contributed by atoms with Crippen molar-refractivity contribution in [2.45, 2.75) is 0 Å². The molecule has 0 fully saturated rings. The number of ether oxygens (including phenoxy) is 1. The van der Waals surface area contributed by atoms with E-state index in [0.717, 1.165) is 22.2 Å². The molecule has 0 radical (unpaired) electrons. The zero-order valence-corrected chi connectivity index (χ0v) is 13.5. The first kappa shape index (κ1) is 14.7. The van der Waals surface area contributed by atoms with Crippen LogP contribution >= 0.6 is 11.6 Å². The number of nitrogens with zero attached hydrogens (tertiary/aromatic N) is 3. The lowest BCUT2D eigenvalue weighted by molar-refractivity contribution is 0.415. The van der Waals surface area contributed by atoms with Gasteiger partial charge in [0.1, 0.15) is 11.4 Å². The van der Waals surface area contributed by atoms with E-state index in [1.165, 1.54) is 0 Å². The van der Waals surface area contributed by atoms with Gasteiger partial charge in [-0.2, -0.15) is 4.98 Å². The number of methoxy groups -OCH3 is 1. The molecule has 118 valence electrons. The van der Waals surface area contributed by atoms with Gasteiger partial charge in [0.25, 0.3) is 5.89 Å². The Balaban J connectivity index is 1.72. The van der Waals surface area contributed by atoms with Gasteiger partial charge in [-0.3, -0.25) is 0 Å². The summed E-state index contributed by atoms with van der Waals surface area (Å²) in [6.07, 6.45) is 0. The average molecular weight is 338 g/mol. The Kier molecular flexibility index (Phi) is 3.63. The van der Waals surface area contributed by atoms with Crippen molar-refractivity contribution in [3.05, 3.63) is 59.6 Å². The molecule has 0 N–H and O–H groups in total. The standard InChI is InChI=1S/C18H12ClN3O2/c1-23-14-6-8-15-11(10-14)5-7-16(20-15)17-21-18(24-22-17)12-3-2-4-13(19)9-12/h2-10H,1H3. The summed E-state index contributed by atoms with van der Waals surface area (Å²) in [5, 5.41) is 5.62. The van der Waals surface area contributed by atoms with Gasteiger partial charge in [-0.15, -0.1) is 0 Å². The Morgan fingerprint density at radius 2 is 1.92 bits per heavy atom. The van der Waals surface area contributed by atoms with Gasteiger partial charge in [0.2, 0.25) is 5.82 Å². The van der Waals surface area contributed by atoms with Crippen LogP contribution in [0.25, 0.3) is 33.9 Å². The molecule has 0 aliphatic carbocycles.